The van der Waals surface area contributed by atoms with E-state index in [-0.39, 0.29) is 11.8 Å². The third-order valence-corrected chi connectivity index (χ3v) is 3.79. The van der Waals surface area contributed by atoms with Crippen LogP contribution in [-0.2, 0) is 6.42 Å². The molecule has 0 aliphatic carbocycles. The normalized spacial score (nSPS) is 16.9. The summed E-state index contributed by atoms with van der Waals surface area (Å²) in [5.41, 5.74) is 7.60. The van der Waals surface area contributed by atoms with Gasteiger partial charge >= 0.3 is 0 Å². The lowest BCUT2D eigenvalue weighted by Gasteiger charge is -2.24. The standard InChI is InChI=1S/C14H18N2OS/c1-10(13(15)18)9-16-8-4-6-11-5-2-3-7-12(11)14(16)17/h2-3,5,7,10H,4,6,8-9H2,1H3,(H2,15,18). The first-order chi connectivity index (χ1) is 8.59. The quantitative estimate of drug-likeness (QED) is 0.847. The van der Waals surface area contributed by atoms with E-state index in [1.165, 1.54) is 0 Å². The molecular formula is C14H18N2OS. The molecule has 0 fully saturated rings. The predicted molar refractivity (Wildman–Crippen MR) is 76.6 cm³/mol. The number of carbonyl (C=O) groups excluding carboxylic acids is 1. The molecule has 1 aliphatic heterocycles. The fourth-order valence-electron chi connectivity index (χ4n) is 2.27. The molecule has 2 N–H and O–H groups in total. The molecule has 1 unspecified atom stereocenters. The number of rotatable bonds is 3. The zero-order valence-electron chi connectivity index (χ0n) is 10.6. The highest BCUT2D eigenvalue weighted by Gasteiger charge is 2.23. The molecule has 18 heavy (non-hydrogen) atoms. The van der Waals surface area contributed by atoms with Crippen LogP contribution in [0.1, 0.15) is 29.3 Å². The molecule has 1 heterocycles. The van der Waals surface area contributed by atoms with Gasteiger partial charge in [-0.05, 0) is 24.5 Å². The highest BCUT2D eigenvalue weighted by Crippen LogP contribution is 2.19. The molecule has 0 radical (unpaired) electrons. The van der Waals surface area contributed by atoms with Crippen molar-refractivity contribution >= 4 is 23.1 Å². The highest BCUT2D eigenvalue weighted by molar-refractivity contribution is 7.80. The van der Waals surface area contributed by atoms with Crippen LogP contribution >= 0.6 is 12.2 Å². The Morgan fingerprint density at radius 2 is 2.22 bits per heavy atom. The molecule has 0 bridgehead atoms. The number of thiocarbonyl (C=S) groups is 1. The Labute approximate surface area is 113 Å². The summed E-state index contributed by atoms with van der Waals surface area (Å²) in [5, 5.41) is 0. The van der Waals surface area contributed by atoms with E-state index >= 15 is 0 Å². The van der Waals surface area contributed by atoms with Gasteiger partial charge in [-0.25, -0.2) is 0 Å². The number of aryl methyl sites for hydroxylation is 1. The minimum absolute atomic E-state index is 0.0641. The number of nitrogens with two attached hydrogens (primary N) is 1. The lowest BCUT2D eigenvalue weighted by Crippen LogP contribution is -2.38. The second-order valence-corrected chi connectivity index (χ2v) is 5.29. The predicted octanol–water partition coefficient (Wildman–Crippen LogP) is 2.00. The van der Waals surface area contributed by atoms with E-state index in [1.807, 2.05) is 36.1 Å². The summed E-state index contributed by atoms with van der Waals surface area (Å²) in [6.07, 6.45) is 1.95. The average Bonchev–Trinajstić information content (AvgIpc) is 2.51. The summed E-state index contributed by atoms with van der Waals surface area (Å²) < 4.78 is 0. The van der Waals surface area contributed by atoms with Crippen molar-refractivity contribution in [3.63, 3.8) is 0 Å². The molecule has 1 atom stereocenters. The van der Waals surface area contributed by atoms with E-state index in [0.717, 1.165) is 30.5 Å². The van der Waals surface area contributed by atoms with Crippen molar-refractivity contribution in [3.05, 3.63) is 35.4 Å². The Hall–Kier alpha value is -1.42. The smallest absolute Gasteiger partial charge is 0.254 e. The van der Waals surface area contributed by atoms with Crippen LogP contribution in [0.5, 0.6) is 0 Å². The van der Waals surface area contributed by atoms with Gasteiger partial charge in [0.1, 0.15) is 0 Å². The van der Waals surface area contributed by atoms with Crippen LogP contribution < -0.4 is 5.73 Å². The van der Waals surface area contributed by atoms with Crippen LogP contribution in [0.4, 0.5) is 0 Å². The maximum absolute atomic E-state index is 12.4. The van der Waals surface area contributed by atoms with Gasteiger partial charge < -0.3 is 10.6 Å². The lowest BCUT2D eigenvalue weighted by atomic mass is 10.0. The summed E-state index contributed by atoms with van der Waals surface area (Å²) in [7, 11) is 0. The fraction of sp³-hybridized carbons (Fsp3) is 0.429. The second kappa shape index (κ2) is 5.48. The summed E-state index contributed by atoms with van der Waals surface area (Å²) in [5.74, 6) is 0.167. The van der Waals surface area contributed by atoms with Crippen LogP contribution in [0, 0.1) is 5.92 Å². The van der Waals surface area contributed by atoms with E-state index in [0.29, 0.717) is 11.5 Å². The molecule has 4 heteroatoms. The van der Waals surface area contributed by atoms with Crippen LogP contribution in [0.25, 0.3) is 0 Å². The number of nitrogens with zero attached hydrogens (tertiary/aromatic N) is 1. The maximum Gasteiger partial charge on any atom is 0.254 e. The van der Waals surface area contributed by atoms with Crippen LogP contribution in [-0.4, -0.2) is 28.9 Å². The van der Waals surface area contributed by atoms with Gasteiger partial charge in [0.25, 0.3) is 5.91 Å². The number of benzene rings is 1. The van der Waals surface area contributed by atoms with E-state index in [4.69, 9.17) is 18.0 Å². The molecule has 1 amide bonds. The Kier molecular flexibility index (Phi) is 3.97. The SMILES string of the molecule is CC(CN1CCCc2ccccc2C1=O)C(N)=S. The van der Waals surface area contributed by atoms with Gasteiger partial charge in [-0.1, -0.05) is 37.3 Å². The second-order valence-electron chi connectivity index (χ2n) is 4.82. The van der Waals surface area contributed by atoms with E-state index in [2.05, 4.69) is 0 Å². The number of hydrogen-bond acceptors (Lipinski definition) is 2. The monoisotopic (exact) mass is 262 g/mol. The summed E-state index contributed by atoms with van der Waals surface area (Å²) in [6, 6.07) is 7.84. The summed E-state index contributed by atoms with van der Waals surface area (Å²) in [6.45, 7) is 3.36. The van der Waals surface area contributed by atoms with Crippen molar-refractivity contribution in [3.8, 4) is 0 Å². The van der Waals surface area contributed by atoms with Crippen LogP contribution in [0.15, 0.2) is 24.3 Å². The maximum atomic E-state index is 12.4. The number of amides is 1. The van der Waals surface area contributed by atoms with E-state index < -0.39 is 0 Å². The number of fused-ring (bicyclic) bond motifs is 1. The molecule has 0 saturated heterocycles. The van der Waals surface area contributed by atoms with E-state index in [1.54, 1.807) is 0 Å². The van der Waals surface area contributed by atoms with Gasteiger partial charge in [-0.2, -0.15) is 0 Å². The van der Waals surface area contributed by atoms with Crippen molar-refractivity contribution in [1.29, 1.82) is 0 Å². The van der Waals surface area contributed by atoms with E-state index in [9.17, 15) is 4.79 Å². The van der Waals surface area contributed by atoms with Gasteiger partial charge in [0, 0.05) is 24.6 Å². The third kappa shape index (κ3) is 2.70. The fourth-order valence-corrected chi connectivity index (χ4v) is 2.35. The molecule has 0 spiro atoms. The molecule has 1 aromatic rings. The molecule has 96 valence electrons. The van der Waals surface area contributed by atoms with Gasteiger partial charge in [0.05, 0.1) is 4.99 Å². The highest BCUT2D eigenvalue weighted by atomic mass is 32.1. The van der Waals surface area contributed by atoms with Crippen molar-refractivity contribution < 1.29 is 4.79 Å². The van der Waals surface area contributed by atoms with Gasteiger partial charge in [0.15, 0.2) is 0 Å². The Bertz CT molecular complexity index is 473. The zero-order valence-corrected chi connectivity index (χ0v) is 11.4. The largest absolute Gasteiger partial charge is 0.393 e. The molecule has 2 rings (SSSR count). The molecule has 1 aromatic carbocycles. The van der Waals surface area contributed by atoms with Crippen molar-refractivity contribution in [2.45, 2.75) is 19.8 Å². The lowest BCUT2D eigenvalue weighted by molar-refractivity contribution is 0.0751. The first-order valence-corrected chi connectivity index (χ1v) is 6.67. The van der Waals surface area contributed by atoms with Crippen molar-refractivity contribution in [2.75, 3.05) is 13.1 Å². The van der Waals surface area contributed by atoms with Crippen molar-refractivity contribution in [2.24, 2.45) is 11.7 Å². The van der Waals surface area contributed by atoms with Gasteiger partial charge in [0.2, 0.25) is 0 Å². The Morgan fingerprint density at radius 1 is 1.50 bits per heavy atom. The molecular weight excluding hydrogens is 244 g/mol. The topological polar surface area (TPSA) is 46.3 Å². The van der Waals surface area contributed by atoms with Crippen molar-refractivity contribution in [1.82, 2.24) is 4.90 Å². The van der Waals surface area contributed by atoms with Gasteiger partial charge in [-0.15, -0.1) is 0 Å². The summed E-state index contributed by atoms with van der Waals surface area (Å²) >= 11 is 4.98. The number of hydrogen-bond donors (Lipinski definition) is 1. The minimum atomic E-state index is 0.0641. The Balaban J connectivity index is 2.20. The zero-order chi connectivity index (χ0) is 13.1. The molecule has 0 saturated carbocycles. The number of carbonyl (C=O) groups is 1. The first kappa shape index (κ1) is 13.0. The Morgan fingerprint density at radius 3 is 2.94 bits per heavy atom. The minimum Gasteiger partial charge on any atom is -0.393 e. The summed E-state index contributed by atoms with van der Waals surface area (Å²) in [4.78, 5) is 14.8. The average molecular weight is 262 g/mol. The van der Waals surface area contributed by atoms with Crippen LogP contribution in [0.2, 0.25) is 0 Å². The van der Waals surface area contributed by atoms with Gasteiger partial charge in [-0.3, -0.25) is 4.79 Å². The van der Waals surface area contributed by atoms with Crippen LogP contribution in [0.3, 0.4) is 0 Å². The molecule has 0 aromatic heterocycles. The first-order valence-electron chi connectivity index (χ1n) is 6.26. The molecule has 1 aliphatic rings. The molecule has 3 nitrogen and oxygen atoms in total. The third-order valence-electron chi connectivity index (χ3n) is 3.39.